The third-order valence-electron chi connectivity index (χ3n) is 3.60. The van der Waals surface area contributed by atoms with Gasteiger partial charge in [0.1, 0.15) is 5.82 Å². The minimum absolute atomic E-state index is 0.00351. The summed E-state index contributed by atoms with van der Waals surface area (Å²) in [7, 11) is 0. The van der Waals surface area contributed by atoms with Gasteiger partial charge in [-0.25, -0.2) is 4.39 Å². The Morgan fingerprint density at radius 3 is 2.75 bits per heavy atom. The van der Waals surface area contributed by atoms with E-state index in [2.05, 4.69) is 5.32 Å². The van der Waals surface area contributed by atoms with Crippen molar-refractivity contribution in [2.45, 2.75) is 31.1 Å². The second kappa shape index (κ2) is 7.64. The Labute approximate surface area is 123 Å². The third-order valence-corrected chi connectivity index (χ3v) is 4.60. The monoisotopic (exact) mass is 297 g/mol. The number of halogens is 1. The van der Waals surface area contributed by atoms with Crippen LogP contribution in [0.25, 0.3) is 0 Å². The van der Waals surface area contributed by atoms with E-state index in [9.17, 15) is 14.3 Å². The van der Waals surface area contributed by atoms with Crippen molar-refractivity contribution in [3.8, 4) is 0 Å². The summed E-state index contributed by atoms with van der Waals surface area (Å²) in [6.07, 6.45) is 2.62. The van der Waals surface area contributed by atoms with Gasteiger partial charge in [0.2, 0.25) is 5.91 Å². The number of hydrogen-bond donors (Lipinski definition) is 2. The van der Waals surface area contributed by atoms with Gasteiger partial charge in [-0.15, -0.1) is 11.8 Å². The molecule has 2 rings (SSSR count). The highest BCUT2D eigenvalue weighted by molar-refractivity contribution is 7.99. The van der Waals surface area contributed by atoms with Gasteiger partial charge in [0.05, 0.1) is 11.9 Å². The van der Waals surface area contributed by atoms with E-state index in [1.54, 1.807) is 12.1 Å². The van der Waals surface area contributed by atoms with Crippen LogP contribution in [0.1, 0.15) is 24.8 Å². The van der Waals surface area contributed by atoms with Gasteiger partial charge in [-0.2, -0.15) is 0 Å². The second-order valence-corrected chi connectivity index (χ2v) is 6.17. The van der Waals surface area contributed by atoms with Crippen LogP contribution in [-0.4, -0.2) is 29.4 Å². The summed E-state index contributed by atoms with van der Waals surface area (Å²) < 4.78 is 12.7. The highest BCUT2D eigenvalue weighted by Gasteiger charge is 2.25. The van der Waals surface area contributed by atoms with E-state index < -0.39 is 0 Å². The third kappa shape index (κ3) is 4.80. The number of thioether (sulfide) groups is 1. The number of amides is 1. The van der Waals surface area contributed by atoms with E-state index in [1.807, 2.05) is 0 Å². The van der Waals surface area contributed by atoms with Crippen molar-refractivity contribution < 1.29 is 14.3 Å². The van der Waals surface area contributed by atoms with Crippen LogP contribution >= 0.6 is 11.8 Å². The molecular weight excluding hydrogens is 277 g/mol. The Bertz CT molecular complexity index is 438. The first-order valence-electron chi connectivity index (χ1n) is 6.92. The summed E-state index contributed by atoms with van der Waals surface area (Å²) in [5.41, 5.74) is 1.01. The number of rotatable bonds is 6. The molecule has 0 aliphatic heterocycles. The lowest BCUT2D eigenvalue weighted by atomic mass is 10.1. The van der Waals surface area contributed by atoms with Crippen molar-refractivity contribution in [3.05, 3.63) is 35.6 Å². The average molecular weight is 297 g/mol. The van der Waals surface area contributed by atoms with Crippen LogP contribution in [0.4, 0.5) is 4.39 Å². The first-order valence-corrected chi connectivity index (χ1v) is 8.07. The quantitative estimate of drug-likeness (QED) is 0.847. The molecule has 2 unspecified atom stereocenters. The molecule has 0 saturated heterocycles. The van der Waals surface area contributed by atoms with E-state index in [0.29, 0.717) is 18.1 Å². The molecule has 2 atom stereocenters. The highest BCUT2D eigenvalue weighted by atomic mass is 32.2. The first-order chi connectivity index (χ1) is 9.65. The molecule has 1 saturated carbocycles. The minimum atomic E-state index is -0.262. The van der Waals surface area contributed by atoms with Gasteiger partial charge in [-0.1, -0.05) is 18.6 Å². The van der Waals surface area contributed by atoms with E-state index in [4.69, 9.17) is 0 Å². The van der Waals surface area contributed by atoms with Crippen molar-refractivity contribution in [1.82, 2.24) is 5.32 Å². The molecule has 1 aromatic carbocycles. The summed E-state index contributed by atoms with van der Waals surface area (Å²) in [5.74, 6) is 1.05. The van der Waals surface area contributed by atoms with E-state index in [0.717, 1.165) is 24.8 Å². The lowest BCUT2D eigenvalue weighted by Gasteiger charge is -2.14. The van der Waals surface area contributed by atoms with Gasteiger partial charge in [0, 0.05) is 18.2 Å². The molecule has 0 aromatic heterocycles. The van der Waals surface area contributed by atoms with Gasteiger partial charge >= 0.3 is 0 Å². The minimum Gasteiger partial charge on any atom is -0.393 e. The lowest BCUT2D eigenvalue weighted by Crippen LogP contribution is -2.33. The van der Waals surface area contributed by atoms with Crippen molar-refractivity contribution in [2.24, 2.45) is 5.92 Å². The zero-order valence-electron chi connectivity index (χ0n) is 11.3. The molecule has 1 fully saturated rings. The smallest absolute Gasteiger partial charge is 0.230 e. The van der Waals surface area contributed by atoms with Crippen LogP contribution < -0.4 is 5.32 Å². The zero-order valence-corrected chi connectivity index (χ0v) is 12.2. The SMILES string of the molecule is O=C(CSCc1ccc(F)cc1)NCC1CCCC1O. The molecule has 0 radical (unpaired) electrons. The van der Waals surface area contributed by atoms with Gasteiger partial charge in [-0.3, -0.25) is 4.79 Å². The van der Waals surface area contributed by atoms with Crippen LogP contribution in [0.5, 0.6) is 0 Å². The maximum absolute atomic E-state index is 12.7. The molecule has 110 valence electrons. The molecule has 0 heterocycles. The van der Waals surface area contributed by atoms with Crippen LogP contribution in [0.3, 0.4) is 0 Å². The van der Waals surface area contributed by atoms with Gasteiger partial charge in [0.25, 0.3) is 0 Å². The molecule has 1 aliphatic carbocycles. The van der Waals surface area contributed by atoms with Gasteiger partial charge in [-0.05, 0) is 30.5 Å². The standard InChI is InChI=1S/C15H20FNO2S/c16-13-6-4-11(5-7-13)9-20-10-15(19)17-8-12-2-1-3-14(12)18/h4-7,12,14,18H,1-3,8-10H2,(H,17,19). The Morgan fingerprint density at radius 2 is 2.10 bits per heavy atom. The predicted molar refractivity (Wildman–Crippen MR) is 78.9 cm³/mol. The fourth-order valence-corrected chi connectivity index (χ4v) is 3.21. The number of aliphatic hydroxyl groups is 1. The van der Waals surface area contributed by atoms with Crippen LogP contribution in [0, 0.1) is 11.7 Å². The molecule has 5 heteroatoms. The van der Waals surface area contributed by atoms with E-state index in [-0.39, 0.29) is 23.7 Å². The van der Waals surface area contributed by atoms with Gasteiger partial charge in [0.15, 0.2) is 0 Å². The molecule has 20 heavy (non-hydrogen) atoms. The number of nitrogens with one attached hydrogen (secondary N) is 1. The molecule has 1 amide bonds. The fraction of sp³-hybridized carbons (Fsp3) is 0.533. The summed E-state index contributed by atoms with van der Waals surface area (Å²) in [6.45, 7) is 0.567. The van der Waals surface area contributed by atoms with Crippen molar-refractivity contribution >= 4 is 17.7 Å². The van der Waals surface area contributed by atoms with Crippen molar-refractivity contribution in [1.29, 1.82) is 0 Å². The topological polar surface area (TPSA) is 49.3 Å². The zero-order chi connectivity index (χ0) is 14.4. The summed E-state index contributed by atoms with van der Waals surface area (Å²) in [4.78, 5) is 11.7. The largest absolute Gasteiger partial charge is 0.393 e. The number of hydrogen-bond acceptors (Lipinski definition) is 3. The Hall–Kier alpha value is -1.07. The molecule has 0 bridgehead atoms. The van der Waals surface area contributed by atoms with E-state index in [1.165, 1.54) is 23.9 Å². The number of aliphatic hydroxyl groups excluding tert-OH is 1. The summed E-state index contributed by atoms with van der Waals surface area (Å²) in [5, 5.41) is 12.5. The number of carbonyl (C=O) groups excluding carboxylic acids is 1. The molecule has 2 N–H and O–H groups in total. The number of carbonyl (C=O) groups is 1. The molecule has 1 aliphatic rings. The van der Waals surface area contributed by atoms with Crippen molar-refractivity contribution in [3.63, 3.8) is 0 Å². The van der Waals surface area contributed by atoms with Gasteiger partial charge < -0.3 is 10.4 Å². The predicted octanol–water partition coefficient (Wildman–Crippen LogP) is 2.34. The van der Waals surface area contributed by atoms with Crippen LogP contribution in [0.15, 0.2) is 24.3 Å². The lowest BCUT2D eigenvalue weighted by molar-refractivity contribution is -0.118. The molecule has 0 spiro atoms. The normalized spacial score (nSPS) is 21.9. The van der Waals surface area contributed by atoms with Crippen molar-refractivity contribution in [2.75, 3.05) is 12.3 Å². The first kappa shape index (κ1) is 15.3. The van der Waals surface area contributed by atoms with E-state index >= 15 is 0 Å². The Balaban J connectivity index is 1.61. The summed E-state index contributed by atoms with van der Waals surface area (Å²) in [6, 6.07) is 6.32. The fourth-order valence-electron chi connectivity index (χ4n) is 2.39. The summed E-state index contributed by atoms with van der Waals surface area (Å²) >= 11 is 1.51. The maximum atomic E-state index is 12.7. The Kier molecular flexibility index (Phi) is 5.86. The Morgan fingerprint density at radius 1 is 1.35 bits per heavy atom. The van der Waals surface area contributed by atoms with Crippen LogP contribution in [0.2, 0.25) is 0 Å². The number of benzene rings is 1. The second-order valence-electron chi connectivity index (χ2n) is 5.18. The molecule has 1 aromatic rings. The van der Waals surface area contributed by atoms with Crippen LogP contribution in [-0.2, 0) is 10.5 Å². The molecular formula is C15H20FNO2S. The average Bonchev–Trinajstić information content (AvgIpc) is 2.84. The maximum Gasteiger partial charge on any atom is 0.230 e. The molecule has 3 nitrogen and oxygen atoms in total. The highest BCUT2D eigenvalue weighted by Crippen LogP contribution is 2.24.